The molecule has 0 atom stereocenters. The van der Waals surface area contributed by atoms with E-state index in [4.69, 9.17) is 19.4 Å². The van der Waals surface area contributed by atoms with Crippen molar-refractivity contribution < 1.29 is 9.47 Å². The predicted molar refractivity (Wildman–Crippen MR) is 88.7 cm³/mol. The average Bonchev–Trinajstić information content (AvgIpc) is 3.16. The number of imidazole rings is 1. The maximum absolute atomic E-state index is 5.45. The lowest BCUT2D eigenvalue weighted by molar-refractivity contribution is 0.122. The van der Waals surface area contributed by atoms with Crippen LogP contribution in [0.4, 0.5) is 5.82 Å². The van der Waals surface area contributed by atoms with Crippen LogP contribution >= 0.6 is 0 Å². The second-order valence-corrected chi connectivity index (χ2v) is 5.51. The lowest BCUT2D eigenvalue weighted by Crippen LogP contribution is -2.37. The number of hydrogen-bond acceptors (Lipinski definition) is 7. The lowest BCUT2D eigenvalue weighted by Gasteiger charge is -2.28. The Morgan fingerprint density at radius 1 is 1.21 bits per heavy atom. The van der Waals surface area contributed by atoms with E-state index >= 15 is 0 Å². The van der Waals surface area contributed by atoms with Crippen molar-refractivity contribution in [2.24, 2.45) is 0 Å². The molecule has 0 aromatic carbocycles. The summed E-state index contributed by atoms with van der Waals surface area (Å²) >= 11 is 0. The third-order valence-corrected chi connectivity index (χ3v) is 3.89. The summed E-state index contributed by atoms with van der Waals surface area (Å²) in [5.74, 6) is 2.02. The Labute approximate surface area is 138 Å². The van der Waals surface area contributed by atoms with Crippen molar-refractivity contribution in [3.8, 4) is 11.6 Å². The molecule has 3 aromatic rings. The zero-order valence-corrected chi connectivity index (χ0v) is 13.4. The third kappa shape index (κ3) is 2.81. The minimum absolute atomic E-state index is 0.457. The highest BCUT2D eigenvalue weighted by Crippen LogP contribution is 2.26. The minimum Gasteiger partial charge on any atom is -0.378 e. The van der Waals surface area contributed by atoms with Gasteiger partial charge in [0.1, 0.15) is 5.52 Å². The largest absolute Gasteiger partial charge is 0.378 e. The third-order valence-electron chi connectivity index (χ3n) is 3.89. The van der Waals surface area contributed by atoms with Gasteiger partial charge < -0.3 is 19.4 Å². The minimum atomic E-state index is 0.457. The molecule has 0 radical (unpaired) electrons. The summed E-state index contributed by atoms with van der Waals surface area (Å²) in [6.07, 6.45) is 3.45. The number of H-pyrrole nitrogens is 1. The van der Waals surface area contributed by atoms with Crippen LogP contribution in [-0.4, -0.2) is 58.3 Å². The maximum atomic E-state index is 5.45. The van der Waals surface area contributed by atoms with Crippen molar-refractivity contribution in [3.05, 3.63) is 30.2 Å². The molecule has 1 saturated heterocycles. The monoisotopic (exact) mass is 326 g/mol. The van der Waals surface area contributed by atoms with E-state index in [0.717, 1.165) is 35.6 Å². The summed E-state index contributed by atoms with van der Waals surface area (Å²) in [6, 6.07) is 3.88. The molecule has 0 aliphatic carbocycles. The normalized spacial score (nSPS) is 15.1. The first-order valence-electron chi connectivity index (χ1n) is 7.84. The number of fused-ring (bicyclic) bond motifs is 1. The van der Waals surface area contributed by atoms with E-state index in [1.165, 1.54) is 0 Å². The number of aromatic amines is 1. The quantitative estimate of drug-likeness (QED) is 0.775. The summed E-state index contributed by atoms with van der Waals surface area (Å²) < 4.78 is 10.6. The van der Waals surface area contributed by atoms with E-state index in [2.05, 4.69) is 19.9 Å². The topological polar surface area (TPSA) is 89.1 Å². The fourth-order valence-corrected chi connectivity index (χ4v) is 2.76. The predicted octanol–water partition coefficient (Wildman–Crippen LogP) is 1.40. The SMILES string of the molecule is COCc1ccc2nc(-c3ncc[nH]3)nc(N3CCOCC3)c2n1. The number of aromatic nitrogens is 5. The summed E-state index contributed by atoms with van der Waals surface area (Å²) in [5.41, 5.74) is 2.42. The summed E-state index contributed by atoms with van der Waals surface area (Å²) in [4.78, 5) is 23.5. The molecule has 1 fully saturated rings. The van der Waals surface area contributed by atoms with Crippen LogP contribution < -0.4 is 4.90 Å². The van der Waals surface area contributed by atoms with Crippen molar-refractivity contribution in [1.82, 2.24) is 24.9 Å². The second kappa shape index (κ2) is 6.50. The molecule has 3 aromatic heterocycles. The second-order valence-electron chi connectivity index (χ2n) is 5.51. The van der Waals surface area contributed by atoms with Gasteiger partial charge in [-0.25, -0.2) is 19.9 Å². The van der Waals surface area contributed by atoms with Gasteiger partial charge in [-0.1, -0.05) is 0 Å². The molecule has 1 aliphatic heterocycles. The lowest BCUT2D eigenvalue weighted by atomic mass is 10.2. The van der Waals surface area contributed by atoms with E-state index in [1.54, 1.807) is 19.5 Å². The van der Waals surface area contributed by atoms with Crippen LogP contribution in [0.3, 0.4) is 0 Å². The molecule has 0 saturated carbocycles. The smallest absolute Gasteiger partial charge is 0.198 e. The zero-order chi connectivity index (χ0) is 16.4. The molecule has 124 valence electrons. The Kier molecular flexibility index (Phi) is 4.06. The Bertz CT molecular complexity index is 830. The van der Waals surface area contributed by atoms with Gasteiger partial charge in [0, 0.05) is 32.6 Å². The maximum Gasteiger partial charge on any atom is 0.198 e. The average molecular weight is 326 g/mol. The number of morpholine rings is 1. The summed E-state index contributed by atoms with van der Waals surface area (Å²) in [7, 11) is 1.66. The van der Waals surface area contributed by atoms with Gasteiger partial charge in [0.15, 0.2) is 17.5 Å². The van der Waals surface area contributed by atoms with Crippen LogP contribution in [0, 0.1) is 0 Å². The number of nitrogens with zero attached hydrogens (tertiary/aromatic N) is 5. The van der Waals surface area contributed by atoms with E-state index in [1.807, 2.05) is 12.1 Å². The number of anilines is 1. The highest BCUT2D eigenvalue weighted by atomic mass is 16.5. The van der Waals surface area contributed by atoms with E-state index in [0.29, 0.717) is 31.5 Å². The molecule has 4 rings (SSSR count). The van der Waals surface area contributed by atoms with Gasteiger partial charge in [0.05, 0.1) is 31.0 Å². The first kappa shape index (κ1) is 15.0. The van der Waals surface area contributed by atoms with Crippen molar-refractivity contribution in [3.63, 3.8) is 0 Å². The van der Waals surface area contributed by atoms with Gasteiger partial charge in [0.25, 0.3) is 0 Å². The van der Waals surface area contributed by atoms with E-state index in [9.17, 15) is 0 Å². The highest BCUT2D eigenvalue weighted by Gasteiger charge is 2.20. The molecular formula is C16H18N6O2. The van der Waals surface area contributed by atoms with Crippen LogP contribution in [0.25, 0.3) is 22.7 Å². The molecular weight excluding hydrogens is 308 g/mol. The standard InChI is InChI=1S/C16H18N6O2/c1-23-10-11-2-3-12-13(19-11)16(22-6-8-24-9-7-22)21-15(20-12)14-17-4-5-18-14/h2-5H,6-10H2,1H3,(H,17,18). The van der Waals surface area contributed by atoms with Crippen molar-refractivity contribution in [2.45, 2.75) is 6.61 Å². The molecule has 1 N–H and O–H groups in total. The Morgan fingerprint density at radius 2 is 2.08 bits per heavy atom. The number of hydrogen-bond donors (Lipinski definition) is 1. The molecule has 4 heterocycles. The van der Waals surface area contributed by atoms with Gasteiger partial charge in [-0.3, -0.25) is 0 Å². The molecule has 0 spiro atoms. The summed E-state index contributed by atoms with van der Waals surface area (Å²) in [6.45, 7) is 3.37. The fraction of sp³-hybridized carbons (Fsp3) is 0.375. The fourth-order valence-electron chi connectivity index (χ4n) is 2.76. The van der Waals surface area contributed by atoms with Crippen LogP contribution in [0.2, 0.25) is 0 Å². The zero-order valence-electron chi connectivity index (χ0n) is 13.4. The van der Waals surface area contributed by atoms with E-state index in [-0.39, 0.29) is 0 Å². The van der Waals surface area contributed by atoms with Crippen molar-refractivity contribution in [2.75, 3.05) is 38.3 Å². The molecule has 1 aliphatic rings. The molecule has 0 amide bonds. The molecule has 8 heteroatoms. The molecule has 0 unspecified atom stereocenters. The van der Waals surface area contributed by atoms with Crippen molar-refractivity contribution >= 4 is 16.9 Å². The highest BCUT2D eigenvalue weighted by molar-refractivity contribution is 5.87. The first-order valence-corrected chi connectivity index (χ1v) is 7.84. The molecule has 24 heavy (non-hydrogen) atoms. The summed E-state index contributed by atoms with van der Waals surface area (Å²) in [5, 5.41) is 0. The van der Waals surface area contributed by atoms with Crippen LogP contribution in [0.15, 0.2) is 24.5 Å². The Morgan fingerprint density at radius 3 is 2.83 bits per heavy atom. The number of pyridine rings is 1. The van der Waals surface area contributed by atoms with Gasteiger partial charge in [-0.2, -0.15) is 0 Å². The van der Waals surface area contributed by atoms with Crippen LogP contribution in [-0.2, 0) is 16.1 Å². The van der Waals surface area contributed by atoms with Gasteiger partial charge in [-0.05, 0) is 12.1 Å². The number of methoxy groups -OCH3 is 1. The van der Waals surface area contributed by atoms with Gasteiger partial charge in [-0.15, -0.1) is 0 Å². The van der Waals surface area contributed by atoms with Crippen LogP contribution in [0.1, 0.15) is 5.69 Å². The number of nitrogens with one attached hydrogen (secondary N) is 1. The Hall–Kier alpha value is -2.58. The van der Waals surface area contributed by atoms with Crippen molar-refractivity contribution in [1.29, 1.82) is 0 Å². The number of rotatable bonds is 4. The van der Waals surface area contributed by atoms with Gasteiger partial charge in [0.2, 0.25) is 0 Å². The van der Waals surface area contributed by atoms with E-state index < -0.39 is 0 Å². The van der Waals surface area contributed by atoms with Gasteiger partial charge >= 0.3 is 0 Å². The number of ether oxygens (including phenoxy) is 2. The first-order chi connectivity index (χ1) is 11.8. The molecule has 8 nitrogen and oxygen atoms in total. The molecule has 0 bridgehead atoms. The Balaban J connectivity index is 1.87. The van der Waals surface area contributed by atoms with Crippen LogP contribution in [0.5, 0.6) is 0 Å².